The van der Waals surface area contributed by atoms with Crippen LogP contribution in [0.25, 0.3) is 11.5 Å². The second-order valence-electron chi connectivity index (χ2n) is 5.94. The number of carbonyl (C=O) groups excluding carboxylic acids is 1. The lowest BCUT2D eigenvalue weighted by atomic mass is 10.2. The highest BCUT2D eigenvalue weighted by Gasteiger charge is 2.16. The topological polar surface area (TPSA) is 85.3 Å². The van der Waals surface area contributed by atoms with Gasteiger partial charge in [-0.3, -0.25) is 4.79 Å². The Morgan fingerprint density at radius 3 is 2.68 bits per heavy atom. The Kier molecular flexibility index (Phi) is 4.98. The van der Waals surface area contributed by atoms with Crippen molar-refractivity contribution >= 4 is 17.2 Å². The first kappa shape index (κ1) is 17.3. The fraction of sp³-hybridized carbons (Fsp3) is 0.412. The first-order valence-corrected chi connectivity index (χ1v) is 8.85. The largest absolute Gasteiger partial charge is 0.466 e. The standard InChI is InChI=1S/C17H20N4O3S/c1-10-7-14(11(2)23-10)17-20-19-15(24-17)5-6-16(22)21(4)8-13-9-25-12(3)18-13/h7,9H,5-6,8H2,1-4H3. The van der Waals surface area contributed by atoms with Gasteiger partial charge in [0.15, 0.2) is 0 Å². The molecule has 0 saturated carbocycles. The van der Waals surface area contributed by atoms with Gasteiger partial charge in [0.1, 0.15) is 11.5 Å². The molecule has 0 aliphatic heterocycles. The van der Waals surface area contributed by atoms with Gasteiger partial charge in [-0.05, 0) is 26.8 Å². The molecule has 25 heavy (non-hydrogen) atoms. The van der Waals surface area contributed by atoms with Crippen molar-refractivity contribution in [1.29, 1.82) is 0 Å². The van der Waals surface area contributed by atoms with Crippen molar-refractivity contribution < 1.29 is 13.6 Å². The second kappa shape index (κ2) is 7.18. The smallest absolute Gasteiger partial charge is 0.251 e. The van der Waals surface area contributed by atoms with E-state index in [-0.39, 0.29) is 5.91 Å². The van der Waals surface area contributed by atoms with Crippen LogP contribution in [0.5, 0.6) is 0 Å². The van der Waals surface area contributed by atoms with Crippen LogP contribution < -0.4 is 0 Å². The van der Waals surface area contributed by atoms with Gasteiger partial charge in [-0.2, -0.15) is 0 Å². The SMILES string of the molecule is Cc1cc(-c2nnc(CCC(=O)N(C)Cc3csc(C)n3)o2)c(C)o1. The molecule has 0 radical (unpaired) electrons. The molecule has 0 aliphatic rings. The predicted octanol–water partition coefficient (Wildman–Crippen LogP) is 3.30. The number of furan rings is 1. The highest BCUT2D eigenvalue weighted by molar-refractivity contribution is 7.09. The van der Waals surface area contributed by atoms with E-state index in [1.807, 2.05) is 32.2 Å². The van der Waals surface area contributed by atoms with Crippen LogP contribution in [0.15, 0.2) is 20.3 Å². The maximum atomic E-state index is 12.3. The van der Waals surface area contributed by atoms with Gasteiger partial charge >= 0.3 is 0 Å². The number of rotatable bonds is 6. The summed E-state index contributed by atoms with van der Waals surface area (Å²) in [6.07, 6.45) is 0.715. The molecule has 0 aliphatic carbocycles. The number of carbonyl (C=O) groups is 1. The zero-order chi connectivity index (χ0) is 18.0. The van der Waals surface area contributed by atoms with Crippen LogP contribution in [0.3, 0.4) is 0 Å². The van der Waals surface area contributed by atoms with E-state index in [2.05, 4.69) is 15.2 Å². The molecular formula is C17H20N4O3S. The van der Waals surface area contributed by atoms with Crippen LogP contribution in [0.1, 0.15) is 34.5 Å². The van der Waals surface area contributed by atoms with Crippen LogP contribution in [0.2, 0.25) is 0 Å². The molecule has 0 aromatic carbocycles. The van der Waals surface area contributed by atoms with Gasteiger partial charge in [0.05, 0.1) is 22.8 Å². The Hall–Kier alpha value is -2.48. The van der Waals surface area contributed by atoms with Crippen molar-refractivity contribution in [3.63, 3.8) is 0 Å². The van der Waals surface area contributed by atoms with Crippen LogP contribution in [0, 0.1) is 20.8 Å². The van der Waals surface area contributed by atoms with Gasteiger partial charge in [0.25, 0.3) is 5.89 Å². The monoisotopic (exact) mass is 360 g/mol. The average Bonchev–Trinajstić information content (AvgIpc) is 3.26. The first-order chi connectivity index (χ1) is 11.9. The van der Waals surface area contributed by atoms with Crippen molar-refractivity contribution in [3.8, 4) is 11.5 Å². The Balaban J connectivity index is 1.56. The molecule has 3 aromatic heterocycles. The summed E-state index contributed by atoms with van der Waals surface area (Å²) in [4.78, 5) is 18.3. The predicted molar refractivity (Wildman–Crippen MR) is 93.1 cm³/mol. The maximum absolute atomic E-state index is 12.3. The Labute approximate surface area is 149 Å². The summed E-state index contributed by atoms with van der Waals surface area (Å²) in [7, 11) is 1.77. The van der Waals surface area contributed by atoms with Crippen molar-refractivity contribution in [1.82, 2.24) is 20.1 Å². The molecule has 0 atom stereocenters. The van der Waals surface area contributed by atoms with E-state index in [0.29, 0.717) is 31.2 Å². The third-order valence-corrected chi connectivity index (χ3v) is 4.60. The number of thiazole rings is 1. The third kappa shape index (κ3) is 4.14. The molecule has 0 fully saturated rings. The van der Waals surface area contributed by atoms with Gasteiger partial charge < -0.3 is 13.7 Å². The zero-order valence-electron chi connectivity index (χ0n) is 14.7. The number of amides is 1. The van der Waals surface area contributed by atoms with Crippen LogP contribution in [0.4, 0.5) is 0 Å². The summed E-state index contributed by atoms with van der Waals surface area (Å²) in [5.74, 6) is 2.41. The fourth-order valence-electron chi connectivity index (χ4n) is 2.52. The van der Waals surface area contributed by atoms with E-state index < -0.39 is 0 Å². The average molecular weight is 360 g/mol. The van der Waals surface area contributed by atoms with E-state index in [1.165, 1.54) is 0 Å². The lowest BCUT2D eigenvalue weighted by Gasteiger charge is -2.15. The number of hydrogen-bond donors (Lipinski definition) is 0. The van der Waals surface area contributed by atoms with Crippen molar-refractivity contribution in [2.24, 2.45) is 0 Å². The van der Waals surface area contributed by atoms with E-state index in [9.17, 15) is 4.79 Å². The lowest BCUT2D eigenvalue weighted by molar-refractivity contribution is -0.130. The second-order valence-corrected chi connectivity index (χ2v) is 7.00. The summed E-state index contributed by atoms with van der Waals surface area (Å²) in [5.41, 5.74) is 1.70. The molecule has 0 unspecified atom stereocenters. The molecule has 3 aromatic rings. The summed E-state index contributed by atoms with van der Waals surface area (Å²) in [6, 6.07) is 1.86. The molecule has 7 nitrogen and oxygen atoms in total. The number of aryl methyl sites for hydroxylation is 4. The molecule has 0 N–H and O–H groups in total. The lowest BCUT2D eigenvalue weighted by Crippen LogP contribution is -2.26. The molecular weight excluding hydrogens is 340 g/mol. The third-order valence-electron chi connectivity index (χ3n) is 3.78. The van der Waals surface area contributed by atoms with E-state index >= 15 is 0 Å². The highest BCUT2D eigenvalue weighted by Crippen LogP contribution is 2.25. The molecule has 0 spiro atoms. The highest BCUT2D eigenvalue weighted by atomic mass is 32.1. The van der Waals surface area contributed by atoms with Gasteiger partial charge in [-0.15, -0.1) is 21.5 Å². The van der Waals surface area contributed by atoms with Crippen LogP contribution in [-0.2, 0) is 17.8 Å². The quantitative estimate of drug-likeness (QED) is 0.670. The van der Waals surface area contributed by atoms with E-state index in [0.717, 1.165) is 27.8 Å². The minimum atomic E-state index is 0.0146. The normalized spacial score (nSPS) is 11.0. The summed E-state index contributed by atoms with van der Waals surface area (Å²) in [5, 5.41) is 11.0. The Bertz CT molecular complexity index is 880. The minimum Gasteiger partial charge on any atom is -0.466 e. The molecule has 0 bridgehead atoms. The van der Waals surface area contributed by atoms with Gasteiger partial charge in [-0.25, -0.2) is 4.98 Å². The van der Waals surface area contributed by atoms with Gasteiger partial charge in [0, 0.05) is 25.3 Å². The van der Waals surface area contributed by atoms with Gasteiger partial charge in [0.2, 0.25) is 11.8 Å². The van der Waals surface area contributed by atoms with E-state index in [1.54, 1.807) is 23.3 Å². The maximum Gasteiger partial charge on any atom is 0.251 e. The summed E-state index contributed by atoms with van der Waals surface area (Å²) >= 11 is 1.58. The van der Waals surface area contributed by atoms with Crippen molar-refractivity contribution in [2.45, 2.75) is 40.2 Å². The number of aromatic nitrogens is 3. The molecule has 132 valence electrons. The molecule has 8 heteroatoms. The molecule has 0 saturated heterocycles. The zero-order valence-corrected chi connectivity index (χ0v) is 15.5. The summed E-state index contributed by atoms with van der Waals surface area (Å²) in [6.45, 7) is 6.18. The Morgan fingerprint density at radius 1 is 1.24 bits per heavy atom. The number of hydrogen-bond acceptors (Lipinski definition) is 7. The van der Waals surface area contributed by atoms with Crippen LogP contribution >= 0.6 is 11.3 Å². The van der Waals surface area contributed by atoms with Crippen molar-refractivity contribution in [2.75, 3.05) is 7.05 Å². The number of nitrogens with zero attached hydrogens (tertiary/aromatic N) is 4. The Morgan fingerprint density at radius 2 is 2.04 bits per heavy atom. The first-order valence-electron chi connectivity index (χ1n) is 7.97. The van der Waals surface area contributed by atoms with Crippen molar-refractivity contribution in [3.05, 3.63) is 39.6 Å². The van der Waals surface area contributed by atoms with E-state index in [4.69, 9.17) is 8.83 Å². The molecule has 1 amide bonds. The molecule has 3 rings (SSSR count). The minimum absolute atomic E-state index is 0.0146. The molecule has 3 heterocycles. The van der Waals surface area contributed by atoms with Gasteiger partial charge in [-0.1, -0.05) is 0 Å². The fourth-order valence-corrected chi connectivity index (χ4v) is 3.13. The van der Waals surface area contributed by atoms with Crippen LogP contribution in [-0.4, -0.2) is 33.0 Å². The summed E-state index contributed by atoms with van der Waals surface area (Å²) < 4.78 is 11.1.